The Morgan fingerprint density at radius 3 is 2.58 bits per heavy atom. The standard InChI is InChI=1S/C24H34N2O4S/c1-18-6-4-7-21(13-18)16-31(28,29)17-22-8-9-23(30-22)24(27)25-10-5-11-26-14-19(2)12-20(3)15-26/h4,6-9,13,19-20H,5,10-12,14-17H2,1-3H3,(H,25,27)/p+1. The molecular formula is C24H35N2O4S+. The van der Waals surface area contributed by atoms with Crippen LogP contribution in [0.3, 0.4) is 0 Å². The molecule has 1 fully saturated rings. The van der Waals surface area contributed by atoms with Gasteiger partial charge in [-0.1, -0.05) is 43.7 Å². The Kier molecular flexibility index (Phi) is 7.94. The number of sulfone groups is 1. The Morgan fingerprint density at radius 2 is 1.87 bits per heavy atom. The van der Waals surface area contributed by atoms with Crippen LogP contribution in [0.25, 0.3) is 0 Å². The molecule has 31 heavy (non-hydrogen) atoms. The van der Waals surface area contributed by atoms with E-state index in [1.54, 1.807) is 23.1 Å². The fourth-order valence-corrected chi connectivity index (χ4v) is 6.03. The molecule has 0 radical (unpaired) electrons. The highest BCUT2D eigenvalue weighted by atomic mass is 32.2. The normalized spacial score (nSPS) is 21.7. The van der Waals surface area contributed by atoms with Crippen LogP contribution in [0.4, 0.5) is 0 Å². The molecule has 1 aliphatic rings. The molecular weight excluding hydrogens is 412 g/mol. The zero-order chi connectivity index (χ0) is 22.4. The van der Waals surface area contributed by atoms with E-state index in [1.807, 2.05) is 25.1 Å². The van der Waals surface area contributed by atoms with Gasteiger partial charge in [-0.3, -0.25) is 4.79 Å². The Labute approximate surface area is 185 Å². The zero-order valence-corrected chi connectivity index (χ0v) is 19.6. The lowest BCUT2D eigenvalue weighted by Crippen LogP contribution is -3.14. The minimum absolute atomic E-state index is 0.0486. The van der Waals surface area contributed by atoms with Crippen LogP contribution in [0.2, 0.25) is 0 Å². The number of amides is 1. The van der Waals surface area contributed by atoms with Crippen molar-refractivity contribution in [1.82, 2.24) is 5.32 Å². The lowest BCUT2D eigenvalue weighted by atomic mass is 9.92. The number of quaternary nitrogens is 1. The highest BCUT2D eigenvalue weighted by Gasteiger charge is 2.24. The second kappa shape index (κ2) is 10.5. The molecule has 6 nitrogen and oxygen atoms in total. The number of likely N-dealkylation sites (tertiary alicyclic amines) is 1. The second-order valence-electron chi connectivity index (χ2n) is 9.25. The molecule has 1 aliphatic heterocycles. The number of nitrogens with one attached hydrogen (secondary N) is 2. The summed E-state index contributed by atoms with van der Waals surface area (Å²) in [7, 11) is -3.39. The fourth-order valence-electron chi connectivity index (χ4n) is 4.66. The van der Waals surface area contributed by atoms with Crippen LogP contribution in [-0.4, -0.2) is 40.5 Å². The Morgan fingerprint density at radius 1 is 1.13 bits per heavy atom. The number of benzene rings is 1. The van der Waals surface area contributed by atoms with Gasteiger partial charge in [-0.15, -0.1) is 0 Å². The molecule has 0 spiro atoms. The van der Waals surface area contributed by atoms with Crippen molar-refractivity contribution >= 4 is 15.7 Å². The Balaban J connectivity index is 1.44. The van der Waals surface area contributed by atoms with Crippen LogP contribution in [0.1, 0.15) is 54.1 Å². The predicted molar refractivity (Wildman–Crippen MR) is 122 cm³/mol. The lowest BCUT2D eigenvalue weighted by Gasteiger charge is -2.32. The number of carbonyl (C=O) groups is 1. The number of furan rings is 1. The molecule has 3 rings (SSSR count). The molecule has 1 amide bonds. The van der Waals surface area contributed by atoms with Crippen molar-refractivity contribution in [2.24, 2.45) is 11.8 Å². The Bertz CT molecular complexity index is 973. The van der Waals surface area contributed by atoms with Crippen molar-refractivity contribution in [3.63, 3.8) is 0 Å². The summed E-state index contributed by atoms with van der Waals surface area (Å²) in [5.74, 6) is 1.41. The van der Waals surface area contributed by atoms with E-state index in [0.717, 1.165) is 35.9 Å². The van der Waals surface area contributed by atoms with Crippen LogP contribution in [-0.2, 0) is 21.3 Å². The van der Waals surface area contributed by atoms with E-state index in [9.17, 15) is 13.2 Å². The monoisotopic (exact) mass is 447 g/mol. The molecule has 7 heteroatoms. The highest BCUT2D eigenvalue weighted by molar-refractivity contribution is 7.89. The topological polar surface area (TPSA) is 80.8 Å². The van der Waals surface area contributed by atoms with Crippen molar-refractivity contribution in [1.29, 1.82) is 0 Å². The number of hydrogen-bond donors (Lipinski definition) is 2. The van der Waals surface area contributed by atoms with Gasteiger partial charge in [0.05, 0.1) is 25.4 Å². The van der Waals surface area contributed by atoms with Gasteiger partial charge in [0.25, 0.3) is 5.91 Å². The van der Waals surface area contributed by atoms with E-state index in [-0.39, 0.29) is 23.2 Å². The van der Waals surface area contributed by atoms with E-state index in [0.29, 0.717) is 12.3 Å². The van der Waals surface area contributed by atoms with Crippen molar-refractivity contribution < 1.29 is 22.5 Å². The summed E-state index contributed by atoms with van der Waals surface area (Å²) in [4.78, 5) is 14.0. The number of piperidine rings is 1. The first-order valence-corrected chi connectivity index (χ1v) is 13.0. The first kappa shape index (κ1) is 23.5. The second-order valence-corrected chi connectivity index (χ2v) is 11.3. The summed E-state index contributed by atoms with van der Waals surface area (Å²) >= 11 is 0. The van der Waals surface area contributed by atoms with Gasteiger partial charge < -0.3 is 14.6 Å². The summed E-state index contributed by atoms with van der Waals surface area (Å²) in [6, 6.07) is 10.6. The van der Waals surface area contributed by atoms with Gasteiger partial charge in [-0.05, 0) is 31.0 Å². The predicted octanol–water partition coefficient (Wildman–Crippen LogP) is 2.38. The molecule has 2 unspecified atom stereocenters. The molecule has 2 aromatic rings. The van der Waals surface area contributed by atoms with E-state index in [1.165, 1.54) is 19.5 Å². The maximum absolute atomic E-state index is 12.5. The highest BCUT2D eigenvalue weighted by Crippen LogP contribution is 2.16. The molecule has 2 N–H and O–H groups in total. The fraction of sp³-hybridized carbons (Fsp3) is 0.542. The van der Waals surface area contributed by atoms with Crippen LogP contribution in [0.15, 0.2) is 40.8 Å². The van der Waals surface area contributed by atoms with Gasteiger partial charge in [-0.25, -0.2) is 8.42 Å². The smallest absolute Gasteiger partial charge is 0.286 e. The summed E-state index contributed by atoms with van der Waals surface area (Å²) < 4.78 is 30.5. The Hall–Kier alpha value is -2.12. The van der Waals surface area contributed by atoms with Crippen molar-refractivity contribution in [2.45, 2.75) is 45.1 Å². The number of hydrogen-bond acceptors (Lipinski definition) is 4. The average Bonchev–Trinajstić information content (AvgIpc) is 3.11. The van der Waals surface area contributed by atoms with Crippen LogP contribution in [0.5, 0.6) is 0 Å². The van der Waals surface area contributed by atoms with Crippen molar-refractivity contribution in [3.8, 4) is 0 Å². The number of rotatable bonds is 9. The maximum Gasteiger partial charge on any atom is 0.286 e. The molecule has 1 saturated heterocycles. The molecule has 0 saturated carbocycles. The maximum atomic E-state index is 12.5. The number of carbonyl (C=O) groups excluding carboxylic acids is 1. The van der Waals surface area contributed by atoms with Crippen molar-refractivity contribution in [3.05, 3.63) is 59.0 Å². The first-order chi connectivity index (χ1) is 14.7. The third-order valence-electron chi connectivity index (χ3n) is 5.79. The summed E-state index contributed by atoms with van der Waals surface area (Å²) in [5, 5.41) is 2.89. The number of aryl methyl sites for hydroxylation is 1. The molecule has 0 aliphatic carbocycles. The average molecular weight is 448 g/mol. The van der Waals surface area contributed by atoms with Crippen LogP contribution in [0, 0.1) is 18.8 Å². The van der Waals surface area contributed by atoms with Gasteiger partial charge in [0.1, 0.15) is 11.5 Å². The zero-order valence-electron chi connectivity index (χ0n) is 18.8. The summed E-state index contributed by atoms with van der Waals surface area (Å²) in [6.07, 6.45) is 2.22. The van der Waals surface area contributed by atoms with Gasteiger partial charge in [-0.2, -0.15) is 0 Å². The van der Waals surface area contributed by atoms with Gasteiger partial charge in [0.15, 0.2) is 15.6 Å². The quantitative estimate of drug-likeness (QED) is 0.579. The summed E-state index contributed by atoms with van der Waals surface area (Å²) in [6.45, 7) is 10.6. The van der Waals surface area contributed by atoms with Crippen molar-refractivity contribution in [2.75, 3.05) is 26.2 Å². The van der Waals surface area contributed by atoms with E-state index in [4.69, 9.17) is 4.42 Å². The third-order valence-corrected chi connectivity index (χ3v) is 7.29. The summed E-state index contributed by atoms with van der Waals surface area (Å²) in [5.41, 5.74) is 1.78. The van der Waals surface area contributed by atoms with E-state index in [2.05, 4.69) is 19.2 Å². The van der Waals surface area contributed by atoms with Gasteiger partial charge in [0.2, 0.25) is 0 Å². The molecule has 2 heterocycles. The van der Waals surface area contributed by atoms with Crippen LogP contribution < -0.4 is 10.2 Å². The molecule has 170 valence electrons. The molecule has 1 aromatic carbocycles. The van der Waals surface area contributed by atoms with Crippen LogP contribution >= 0.6 is 0 Å². The SMILES string of the molecule is Cc1cccc(CS(=O)(=O)Cc2ccc(C(=O)NCCC[NH+]3CC(C)CC(C)C3)o2)c1. The molecule has 1 aromatic heterocycles. The minimum Gasteiger partial charge on any atom is -0.455 e. The molecule has 2 atom stereocenters. The molecule has 0 bridgehead atoms. The third kappa shape index (κ3) is 7.51. The van der Waals surface area contributed by atoms with Gasteiger partial charge >= 0.3 is 0 Å². The largest absolute Gasteiger partial charge is 0.455 e. The van der Waals surface area contributed by atoms with E-state index >= 15 is 0 Å². The first-order valence-electron chi connectivity index (χ1n) is 11.2. The minimum atomic E-state index is -3.39. The van der Waals surface area contributed by atoms with E-state index < -0.39 is 9.84 Å². The van der Waals surface area contributed by atoms with Gasteiger partial charge in [0, 0.05) is 24.8 Å². The lowest BCUT2D eigenvalue weighted by molar-refractivity contribution is -0.912.